The number of hydrogen-bond donors (Lipinski definition) is 2. The second-order valence-corrected chi connectivity index (χ2v) is 5.56. The number of rotatable bonds is 4. The highest BCUT2D eigenvalue weighted by Crippen LogP contribution is 2.33. The number of fused-ring (bicyclic) bond motifs is 1. The Hall–Kier alpha value is -0.690. The van der Waals surface area contributed by atoms with E-state index in [0.717, 1.165) is 34.9 Å². The van der Waals surface area contributed by atoms with Crippen LogP contribution >= 0.6 is 35.6 Å². The number of halogens is 2. The van der Waals surface area contributed by atoms with Gasteiger partial charge in [0.05, 0.1) is 13.2 Å². The van der Waals surface area contributed by atoms with Gasteiger partial charge in [-0.1, -0.05) is 25.4 Å². The molecule has 1 aromatic rings. The normalized spacial score (nSPS) is 13.7. The van der Waals surface area contributed by atoms with Gasteiger partial charge >= 0.3 is 0 Å². The summed E-state index contributed by atoms with van der Waals surface area (Å²) in [5, 5.41) is 3.81. The molecule has 2 rings (SSSR count). The van der Waals surface area contributed by atoms with Crippen LogP contribution in [0.1, 0.15) is 25.0 Å². The summed E-state index contributed by atoms with van der Waals surface area (Å²) in [5.41, 5.74) is 7.97. The molecule has 1 aliphatic heterocycles. The Bertz CT molecular complexity index is 492. The van der Waals surface area contributed by atoms with Crippen molar-refractivity contribution in [3.05, 3.63) is 28.3 Å². The molecule has 0 bridgehead atoms. The van der Waals surface area contributed by atoms with Gasteiger partial charge in [0.25, 0.3) is 0 Å². The summed E-state index contributed by atoms with van der Waals surface area (Å²) in [6.45, 7) is 6.27. The Morgan fingerprint density at radius 2 is 2.25 bits per heavy atom. The fraction of sp³-hybridized carbons (Fsp3) is 0.500. The second-order valence-electron chi connectivity index (χ2n) is 5.13. The first-order chi connectivity index (χ1) is 9.06. The number of benzene rings is 1. The van der Waals surface area contributed by atoms with Crippen LogP contribution in [0.2, 0.25) is 5.02 Å². The van der Waals surface area contributed by atoms with Crippen molar-refractivity contribution in [2.45, 2.75) is 26.8 Å². The third-order valence-electron chi connectivity index (χ3n) is 2.94. The third kappa shape index (κ3) is 4.70. The fourth-order valence-corrected chi connectivity index (χ4v) is 2.26. The zero-order valence-corrected chi connectivity index (χ0v) is 14.9. The van der Waals surface area contributed by atoms with E-state index < -0.39 is 0 Å². The van der Waals surface area contributed by atoms with E-state index in [2.05, 4.69) is 24.2 Å². The Labute approximate surface area is 142 Å². The number of aliphatic imine (C=N–C) groups is 1. The summed E-state index contributed by atoms with van der Waals surface area (Å²) >= 11 is 6.10. The molecule has 0 fully saturated rings. The van der Waals surface area contributed by atoms with Crippen LogP contribution in [-0.4, -0.2) is 19.1 Å². The predicted molar refractivity (Wildman–Crippen MR) is 94.2 cm³/mol. The van der Waals surface area contributed by atoms with E-state index in [0.29, 0.717) is 25.0 Å². The largest absolute Gasteiger partial charge is 0.493 e. The molecule has 0 unspecified atom stereocenters. The zero-order valence-electron chi connectivity index (χ0n) is 11.8. The van der Waals surface area contributed by atoms with Gasteiger partial charge in [-0.3, -0.25) is 0 Å². The van der Waals surface area contributed by atoms with Gasteiger partial charge in [0.2, 0.25) is 0 Å². The van der Waals surface area contributed by atoms with Gasteiger partial charge in [0.1, 0.15) is 5.75 Å². The number of ether oxygens (including phenoxy) is 1. The van der Waals surface area contributed by atoms with E-state index in [4.69, 9.17) is 22.1 Å². The van der Waals surface area contributed by atoms with Crippen molar-refractivity contribution >= 4 is 41.5 Å². The first kappa shape index (κ1) is 17.4. The number of nitrogens with two attached hydrogens (primary N) is 1. The predicted octanol–water partition coefficient (Wildman–Crippen LogP) is 2.95. The number of nitrogens with one attached hydrogen (secondary N) is 1. The summed E-state index contributed by atoms with van der Waals surface area (Å²) in [6.07, 6.45) is 0.910. The molecule has 1 aliphatic rings. The van der Waals surface area contributed by atoms with E-state index >= 15 is 0 Å². The molecule has 1 aromatic carbocycles. The molecule has 3 N–H and O–H groups in total. The van der Waals surface area contributed by atoms with Crippen LogP contribution in [0, 0.1) is 5.92 Å². The van der Waals surface area contributed by atoms with E-state index in [9.17, 15) is 0 Å². The van der Waals surface area contributed by atoms with Gasteiger partial charge < -0.3 is 15.8 Å². The van der Waals surface area contributed by atoms with E-state index in [1.807, 2.05) is 12.1 Å². The monoisotopic (exact) mass is 409 g/mol. The van der Waals surface area contributed by atoms with Crippen LogP contribution < -0.4 is 15.8 Å². The minimum atomic E-state index is 0. The van der Waals surface area contributed by atoms with E-state index in [1.54, 1.807) is 0 Å². The minimum absolute atomic E-state index is 0. The summed E-state index contributed by atoms with van der Waals surface area (Å²) in [5.74, 6) is 1.91. The number of nitrogens with zero attached hydrogens (tertiary/aromatic N) is 1. The summed E-state index contributed by atoms with van der Waals surface area (Å²) in [6, 6.07) is 3.85. The Balaban J connectivity index is 0.00000200. The second kappa shape index (κ2) is 7.93. The lowest BCUT2D eigenvalue weighted by atomic mass is 10.1. The molecule has 0 amide bonds. The minimum Gasteiger partial charge on any atom is -0.493 e. The van der Waals surface area contributed by atoms with Crippen molar-refractivity contribution in [2.24, 2.45) is 16.6 Å². The molecular weight excluding hydrogens is 389 g/mol. The van der Waals surface area contributed by atoms with Gasteiger partial charge in [-0.25, -0.2) is 4.99 Å². The van der Waals surface area contributed by atoms with Crippen LogP contribution in [-0.2, 0) is 13.0 Å². The van der Waals surface area contributed by atoms with Crippen LogP contribution in [0.25, 0.3) is 0 Å². The molecule has 0 atom stereocenters. The Morgan fingerprint density at radius 3 is 2.95 bits per heavy atom. The van der Waals surface area contributed by atoms with Crippen LogP contribution in [0.4, 0.5) is 0 Å². The maximum Gasteiger partial charge on any atom is 0.188 e. The molecule has 0 aliphatic carbocycles. The highest BCUT2D eigenvalue weighted by atomic mass is 127. The maximum atomic E-state index is 6.10. The molecule has 112 valence electrons. The van der Waals surface area contributed by atoms with Crippen LogP contribution in [0.3, 0.4) is 0 Å². The summed E-state index contributed by atoms with van der Waals surface area (Å²) < 4.78 is 5.63. The molecule has 6 heteroatoms. The topological polar surface area (TPSA) is 59.6 Å². The molecule has 0 spiro atoms. The lowest BCUT2D eigenvalue weighted by Gasteiger charge is -2.09. The van der Waals surface area contributed by atoms with Crippen molar-refractivity contribution in [1.29, 1.82) is 0 Å². The molecular formula is C14H21ClIN3O. The van der Waals surface area contributed by atoms with Crippen molar-refractivity contribution in [3.63, 3.8) is 0 Å². The lowest BCUT2D eigenvalue weighted by molar-refractivity contribution is 0.353. The van der Waals surface area contributed by atoms with Gasteiger partial charge in [-0.15, -0.1) is 24.0 Å². The Morgan fingerprint density at radius 1 is 1.50 bits per heavy atom. The van der Waals surface area contributed by atoms with Crippen molar-refractivity contribution < 1.29 is 4.74 Å². The first-order valence-electron chi connectivity index (χ1n) is 6.54. The number of hydrogen-bond acceptors (Lipinski definition) is 2. The molecule has 0 aromatic heterocycles. The molecule has 0 saturated carbocycles. The van der Waals surface area contributed by atoms with Gasteiger partial charge in [0.15, 0.2) is 5.96 Å². The van der Waals surface area contributed by atoms with E-state index in [-0.39, 0.29) is 24.0 Å². The quantitative estimate of drug-likeness (QED) is 0.457. The molecule has 0 radical (unpaired) electrons. The van der Waals surface area contributed by atoms with Crippen LogP contribution in [0.5, 0.6) is 5.75 Å². The van der Waals surface area contributed by atoms with Crippen molar-refractivity contribution in [2.75, 3.05) is 13.2 Å². The van der Waals surface area contributed by atoms with Gasteiger partial charge in [0, 0.05) is 23.6 Å². The highest BCUT2D eigenvalue weighted by molar-refractivity contribution is 14.0. The maximum absolute atomic E-state index is 6.10. The summed E-state index contributed by atoms with van der Waals surface area (Å²) in [4.78, 5) is 4.33. The van der Waals surface area contributed by atoms with Crippen molar-refractivity contribution in [1.82, 2.24) is 5.32 Å². The average Bonchev–Trinajstić information content (AvgIpc) is 2.81. The Kier molecular flexibility index (Phi) is 6.88. The lowest BCUT2D eigenvalue weighted by Crippen LogP contribution is -2.34. The number of guanidine groups is 1. The molecule has 20 heavy (non-hydrogen) atoms. The fourth-order valence-electron chi connectivity index (χ4n) is 2.00. The standard InChI is InChI=1S/C14H20ClN3O.HI/c1-9(2)7-17-14(16)18-8-11-6-12(15)5-10-3-4-19-13(10)11;/h5-6,9H,3-4,7-8H2,1-2H3,(H3,16,17,18);1H. The van der Waals surface area contributed by atoms with Crippen molar-refractivity contribution in [3.8, 4) is 5.75 Å². The third-order valence-corrected chi connectivity index (χ3v) is 3.15. The summed E-state index contributed by atoms with van der Waals surface area (Å²) in [7, 11) is 0. The molecule has 4 nitrogen and oxygen atoms in total. The highest BCUT2D eigenvalue weighted by Gasteiger charge is 2.17. The zero-order chi connectivity index (χ0) is 13.8. The van der Waals surface area contributed by atoms with Gasteiger partial charge in [-0.2, -0.15) is 0 Å². The van der Waals surface area contributed by atoms with Crippen LogP contribution in [0.15, 0.2) is 17.1 Å². The molecule has 1 heterocycles. The van der Waals surface area contributed by atoms with E-state index in [1.165, 1.54) is 0 Å². The smallest absolute Gasteiger partial charge is 0.188 e. The van der Waals surface area contributed by atoms with Gasteiger partial charge in [-0.05, 0) is 23.6 Å². The average molecular weight is 410 g/mol. The first-order valence-corrected chi connectivity index (χ1v) is 6.92. The molecule has 0 saturated heterocycles. The SMILES string of the molecule is CC(C)CNC(N)=NCc1cc(Cl)cc2c1OCC2.I.